The lowest BCUT2D eigenvalue weighted by molar-refractivity contribution is -0.122. The van der Waals surface area contributed by atoms with Crippen LogP contribution in [0.5, 0.6) is 5.75 Å². The van der Waals surface area contributed by atoms with Crippen molar-refractivity contribution in [1.82, 2.24) is 9.88 Å². The van der Waals surface area contributed by atoms with Gasteiger partial charge in [0.05, 0.1) is 12.7 Å². The summed E-state index contributed by atoms with van der Waals surface area (Å²) in [6.07, 6.45) is 5.21. The zero-order chi connectivity index (χ0) is 24.8. The summed E-state index contributed by atoms with van der Waals surface area (Å²) in [7, 11) is 1.57. The van der Waals surface area contributed by atoms with E-state index in [1.165, 1.54) is 22.0 Å². The molecule has 0 fully saturated rings. The maximum atomic E-state index is 12.2. The second-order valence-corrected chi connectivity index (χ2v) is 9.44. The lowest BCUT2D eigenvalue weighted by Crippen LogP contribution is -2.31. The van der Waals surface area contributed by atoms with Crippen LogP contribution in [0.1, 0.15) is 67.6 Å². The molecule has 3 rings (SSSR count). The number of hydrogen-bond acceptors (Lipinski definition) is 3. The number of carboxylic acid groups (broad SMARTS) is 1. The standard InChI is InChI=1S/C28H36N2O4/c1-6-11-30-17-23(15-21-8-9-22(28(32)33)16-26(21)34-5)24-14-20(7-10-25(24)30)12-19(4)13-27(31)29-18(2)3/h7-10,14,16-19H,6,11-13,15H2,1-5H3,(H,29,31)(H,32,33). The third-order valence-electron chi connectivity index (χ3n) is 5.98. The van der Waals surface area contributed by atoms with Gasteiger partial charge in [-0.15, -0.1) is 0 Å². The number of aromatic carboxylic acids is 1. The maximum Gasteiger partial charge on any atom is 0.335 e. The van der Waals surface area contributed by atoms with Crippen LogP contribution in [-0.2, 0) is 24.2 Å². The van der Waals surface area contributed by atoms with Crippen LogP contribution in [0.3, 0.4) is 0 Å². The summed E-state index contributed by atoms with van der Waals surface area (Å²) < 4.78 is 7.79. The molecule has 6 nitrogen and oxygen atoms in total. The topological polar surface area (TPSA) is 80.6 Å². The van der Waals surface area contributed by atoms with E-state index in [0.29, 0.717) is 18.6 Å². The van der Waals surface area contributed by atoms with Gasteiger partial charge in [-0.05, 0) is 73.6 Å². The van der Waals surface area contributed by atoms with Crippen LogP contribution in [-0.4, -0.2) is 34.7 Å². The molecule has 34 heavy (non-hydrogen) atoms. The van der Waals surface area contributed by atoms with Crippen LogP contribution in [0.15, 0.2) is 42.6 Å². The summed E-state index contributed by atoms with van der Waals surface area (Å²) in [5.41, 5.74) is 4.74. The number of carbonyl (C=O) groups excluding carboxylic acids is 1. The van der Waals surface area contributed by atoms with E-state index in [9.17, 15) is 14.7 Å². The van der Waals surface area contributed by atoms with Gasteiger partial charge in [-0.25, -0.2) is 4.79 Å². The van der Waals surface area contributed by atoms with Crippen molar-refractivity contribution in [3.63, 3.8) is 0 Å². The fraction of sp³-hybridized carbons (Fsp3) is 0.429. The van der Waals surface area contributed by atoms with Gasteiger partial charge in [-0.3, -0.25) is 4.79 Å². The molecule has 0 spiro atoms. The Kier molecular flexibility index (Phi) is 8.37. The molecular weight excluding hydrogens is 428 g/mol. The van der Waals surface area contributed by atoms with Crippen molar-refractivity contribution >= 4 is 22.8 Å². The minimum Gasteiger partial charge on any atom is -0.496 e. The Balaban J connectivity index is 1.91. The van der Waals surface area contributed by atoms with Crippen LogP contribution in [0, 0.1) is 5.92 Å². The van der Waals surface area contributed by atoms with Crippen LogP contribution < -0.4 is 10.1 Å². The van der Waals surface area contributed by atoms with Crippen molar-refractivity contribution in [3.05, 3.63) is 64.8 Å². The first-order valence-corrected chi connectivity index (χ1v) is 12.0. The van der Waals surface area contributed by atoms with E-state index in [1.54, 1.807) is 19.2 Å². The summed E-state index contributed by atoms with van der Waals surface area (Å²) in [5.74, 6) is -0.0567. The number of benzene rings is 2. The van der Waals surface area contributed by atoms with E-state index in [0.717, 1.165) is 24.9 Å². The molecule has 2 aromatic carbocycles. The second kappa shape index (κ2) is 11.2. The molecule has 0 aliphatic heterocycles. The number of aromatic nitrogens is 1. The quantitative estimate of drug-likeness (QED) is 0.396. The van der Waals surface area contributed by atoms with E-state index in [2.05, 4.69) is 48.1 Å². The summed E-state index contributed by atoms with van der Waals surface area (Å²) in [6, 6.07) is 11.8. The Hall–Kier alpha value is -3.28. The van der Waals surface area contributed by atoms with E-state index in [-0.39, 0.29) is 23.4 Å². The molecule has 0 aliphatic rings. The molecule has 1 amide bonds. The predicted octanol–water partition coefficient (Wildman–Crippen LogP) is 5.44. The number of nitrogens with one attached hydrogen (secondary N) is 1. The van der Waals surface area contributed by atoms with Crippen LogP contribution in [0.2, 0.25) is 0 Å². The molecule has 2 N–H and O–H groups in total. The number of nitrogens with zero attached hydrogens (tertiary/aromatic N) is 1. The van der Waals surface area contributed by atoms with Gasteiger partial charge in [0.15, 0.2) is 0 Å². The molecule has 0 aliphatic carbocycles. The smallest absolute Gasteiger partial charge is 0.335 e. The van der Waals surface area contributed by atoms with Gasteiger partial charge in [0.1, 0.15) is 5.75 Å². The van der Waals surface area contributed by atoms with Crippen molar-refractivity contribution in [1.29, 1.82) is 0 Å². The average Bonchev–Trinajstić information content (AvgIpc) is 3.09. The fourth-order valence-electron chi connectivity index (χ4n) is 4.51. The molecule has 6 heteroatoms. The minimum atomic E-state index is -0.967. The highest BCUT2D eigenvalue weighted by molar-refractivity contribution is 5.88. The lowest BCUT2D eigenvalue weighted by atomic mass is 9.95. The average molecular weight is 465 g/mol. The molecule has 182 valence electrons. The van der Waals surface area contributed by atoms with Gasteiger partial charge in [0.2, 0.25) is 5.91 Å². The van der Waals surface area contributed by atoms with E-state index >= 15 is 0 Å². The first kappa shape index (κ1) is 25.3. The molecule has 1 heterocycles. The molecule has 0 saturated carbocycles. The SMILES string of the molecule is CCCn1cc(Cc2ccc(C(=O)O)cc2OC)c2cc(CC(C)CC(=O)NC(C)C)ccc21. The number of ether oxygens (including phenoxy) is 1. The number of amides is 1. The molecule has 0 bridgehead atoms. The third kappa shape index (κ3) is 6.19. The van der Waals surface area contributed by atoms with E-state index < -0.39 is 5.97 Å². The number of hydrogen-bond donors (Lipinski definition) is 2. The van der Waals surface area contributed by atoms with Crippen LogP contribution in [0.25, 0.3) is 10.9 Å². The van der Waals surface area contributed by atoms with Gasteiger partial charge < -0.3 is 19.7 Å². The van der Waals surface area contributed by atoms with Gasteiger partial charge in [-0.2, -0.15) is 0 Å². The highest BCUT2D eigenvalue weighted by Gasteiger charge is 2.16. The molecular formula is C28H36N2O4. The summed E-state index contributed by atoms with van der Waals surface area (Å²) in [5, 5.41) is 13.5. The first-order chi connectivity index (χ1) is 16.2. The molecule has 0 radical (unpaired) electrons. The molecule has 0 saturated heterocycles. The zero-order valence-electron chi connectivity index (χ0n) is 20.9. The Bertz CT molecular complexity index is 1160. The Morgan fingerprint density at radius 3 is 2.50 bits per heavy atom. The Morgan fingerprint density at radius 2 is 1.85 bits per heavy atom. The van der Waals surface area contributed by atoms with Crippen molar-refractivity contribution in [2.45, 2.75) is 66.0 Å². The summed E-state index contributed by atoms with van der Waals surface area (Å²) >= 11 is 0. The van der Waals surface area contributed by atoms with Crippen molar-refractivity contribution < 1.29 is 19.4 Å². The molecule has 1 unspecified atom stereocenters. The first-order valence-electron chi connectivity index (χ1n) is 12.0. The number of methoxy groups -OCH3 is 1. The molecule has 1 atom stereocenters. The van der Waals surface area contributed by atoms with Crippen molar-refractivity contribution in [3.8, 4) is 5.75 Å². The second-order valence-electron chi connectivity index (χ2n) is 9.44. The number of rotatable bonds is 11. The largest absolute Gasteiger partial charge is 0.496 e. The maximum absolute atomic E-state index is 12.2. The van der Waals surface area contributed by atoms with Crippen LogP contribution in [0.4, 0.5) is 0 Å². The zero-order valence-corrected chi connectivity index (χ0v) is 20.9. The monoisotopic (exact) mass is 464 g/mol. The summed E-state index contributed by atoms with van der Waals surface area (Å²) in [6.45, 7) is 9.16. The third-order valence-corrected chi connectivity index (χ3v) is 5.98. The highest BCUT2D eigenvalue weighted by Crippen LogP contribution is 2.30. The van der Waals surface area contributed by atoms with Crippen LogP contribution >= 0.6 is 0 Å². The van der Waals surface area contributed by atoms with Crippen molar-refractivity contribution in [2.24, 2.45) is 5.92 Å². The van der Waals surface area contributed by atoms with Gasteiger partial charge in [-0.1, -0.05) is 26.0 Å². The highest BCUT2D eigenvalue weighted by atomic mass is 16.5. The van der Waals surface area contributed by atoms with Gasteiger partial charge in [0, 0.05) is 42.5 Å². The molecule has 1 aromatic heterocycles. The van der Waals surface area contributed by atoms with Gasteiger partial charge >= 0.3 is 5.97 Å². The van der Waals surface area contributed by atoms with E-state index in [1.807, 2.05) is 19.9 Å². The fourth-order valence-corrected chi connectivity index (χ4v) is 4.51. The predicted molar refractivity (Wildman–Crippen MR) is 136 cm³/mol. The van der Waals surface area contributed by atoms with Crippen molar-refractivity contribution in [2.75, 3.05) is 7.11 Å². The number of aryl methyl sites for hydroxylation is 1. The lowest BCUT2D eigenvalue weighted by Gasteiger charge is -2.14. The Labute approximate surface area is 201 Å². The number of fused-ring (bicyclic) bond motifs is 1. The van der Waals surface area contributed by atoms with E-state index in [4.69, 9.17) is 4.74 Å². The number of carboxylic acids is 1. The number of carbonyl (C=O) groups is 2. The molecule has 3 aromatic rings. The van der Waals surface area contributed by atoms with Gasteiger partial charge in [0.25, 0.3) is 0 Å². The summed E-state index contributed by atoms with van der Waals surface area (Å²) in [4.78, 5) is 23.5. The Morgan fingerprint density at radius 1 is 1.09 bits per heavy atom. The normalized spacial score (nSPS) is 12.2. The minimum absolute atomic E-state index is 0.0928.